The molecule has 114 valence electrons. The normalized spacial score (nSPS) is 15.1. The van der Waals surface area contributed by atoms with Gasteiger partial charge in [-0.15, -0.1) is 0 Å². The Morgan fingerprint density at radius 1 is 1.10 bits per heavy atom. The Bertz CT molecular complexity index is 518. The Morgan fingerprint density at radius 2 is 1.50 bits per heavy atom. The van der Waals surface area contributed by atoms with Crippen LogP contribution in [0.5, 0.6) is 5.75 Å². The molecule has 0 heterocycles. The summed E-state index contributed by atoms with van der Waals surface area (Å²) in [6, 6.07) is 7.12. The Labute approximate surface area is 141 Å². The van der Waals surface area contributed by atoms with E-state index in [2.05, 4.69) is 4.98 Å². The molecule has 0 aliphatic heterocycles. The van der Waals surface area contributed by atoms with Crippen LogP contribution in [0.15, 0.2) is 30.5 Å². The fourth-order valence-corrected chi connectivity index (χ4v) is 1.05. The quantitative estimate of drug-likeness (QED) is 0.310. The molecule has 1 aromatic carbocycles. The first-order chi connectivity index (χ1) is 8.72. The van der Waals surface area contributed by atoms with Crippen molar-refractivity contribution in [1.82, 2.24) is 0 Å². The van der Waals surface area contributed by atoms with E-state index in [1.807, 2.05) is 0 Å². The van der Waals surface area contributed by atoms with E-state index in [0.29, 0.717) is 5.03 Å². The van der Waals surface area contributed by atoms with E-state index in [0.717, 1.165) is 11.3 Å². The van der Waals surface area contributed by atoms with E-state index in [4.69, 9.17) is 74.7 Å². The second-order valence-corrected chi connectivity index (χ2v) is 60.6. The molecule has 1 rings (SSSR count). The van der Waals surface area contributed by atoms with Crippen molar-refractivity contribution in [2.45, 2.75) is 0 Å². The molecule has 0 amide bonds. The van der Waals surface area contributed by atoms with Crippen molar-refractivity contribution in [3.05, 3.63) is 41.0 Å². The monoisotopic (exact) mass is 526 g/mol. The summed E-state index contributed by atoms with van der Waals surface area (Å²) in [7, 11) is 26.6. The number of nitrogens with zero attached hydrogens (tertiary/aromatic N) is 2. The summed E-state index contributed by atoms with van der Waals surface area (Å²) in [5.74, 6) is 0.758. The minimum atomic E-state index is -5.42. The molecule has 0 aliphatic carbocycles. The fraction of sp³-hybridized carbons (Fsp3) is 0.111. The Hall–Kier alpha value is 1.03. The van der Waals surface area contributed by atoms with E-state index < -0.39 is 9.14 Å². The molecule has 0 spiro atoms. The molecule has 0 atom stereocenters. The van der Waals surface area contributed by atoms with Crippen molar-refractivity contribution in [3.8, 4) is 5.75 Å². The van der Waals surface area contributed by atoms with Gasteiger partial charge in [0.1, 0.15) is 10.8 Å². The van der Waals surface area contributed by atoms with Crippen molar-refractivity contribution < 1.29 is 4.74 Å². The number of halogens is 7. The van der Waals surface area contributed by atoms with Crippen LogP contribution >= 0.6 is 64.6 Å². The fourth-order valence-electron chi connectivity index (χ4n) is 0.875. The standard InChI is InChI=1S/C9H8ClN2O.6ClH.Sb/c1-13-8-4-2-7(3-5-8)9(10)6-12-11;;;;;;;/h2-6H,1H3;6*1H;/q+1;;;;;;;+5/p-6/b9-6-;;;;;;;. The Morgan fingerprint density at radius 3 is 1.80 bits per heavy atom. The summed E-state index contributed by atoms with van der Waals surface area (Å²) in [6.07, 6.45) is 1.17. The molecular weight excluding hydrogens is 522 g/mol. The molecule has 1 aromatic rings. The van der Waals surface area contributed by atoms with E-state index in [-0.39, 0.29) is 0 Å². The molecule has 0 bridgehead atoms. The Balaban J connectivity index is 0.000000441. The maximum atomic E-state index is 8.24. The Kier molecular flexibility index (Phi) is 7.43. The van der Waals surface area contributed by atoms with Gasteiger partial charge in [-0.25, -0.2) is 0 Å². The molecule has 0 unspecified atom stereocenters. The van der Waals surface area contributed by atoms with Crippen molar-refractivity contribution in [2.24, 2.45) is 0 Å². The minimum absolute atomic E-state index is 0.380. The zero-order valence-electron chi connectivity index (χ0n) is 9.78. The van der Waals surface area contributed by atoms with Gasteiger partial charge >= 0.3 is 68.3 Å². The zero-order chi connectivity index (χ0) is 16.1. The van der Waals surface area contributed by atoms with Gasteiger partial charge in [0.25, 0.3) is 0 Å². The van der Waals surface area contributed by atoms with Crippen LogP contribution in [-0.4, -0.2) is 16.2 Å². The van der Waals surface area contributed by atoms with Crippen molar-refractivity contribution in [1.29, 1.82) is 5.39 Å². The average molecular weight is 530 g/mol. The number of methoxy groups -OCH3 is 1. The zero-order valence-corrected chi connectivity index (χ0v) is 17.6. The second-order valence-electron chi connectivity index (χ2n) is 3.28. The summed E-state index contributed by atoms with van der Waals surface area (Å²) >= 11 is 5.77. The summed E-state index contributed by atoms with van der Waals surface area (Å²) < 4.78 is 4.97. The molecule has 0 saturated carbocycles. The van der Waals surface area contributed by atoms with Gasteiger partial charge in [0.05, 0.1) is 7.11 Å². The van der Waals surface area contributed by atoms with Crippen LogP contribution in [-0.2, 0) is 0 Å². The van der Waals surface area contributed by atoms with Gasteiger partial charge in [-0.05, 0) is 24.3 Å². The number of rotatable bonds is 2. The van der Waals surface area contributed by atoms with Gasteiger partial charge in [0.2, 0.25) is 5.39 Å². The number of benzene rings is 1. The maximum absolute atomic E-state index is 8.24. The SMILES string of the molecule is COc1ccc(/C(Cl)=C/[N+]#N)cc1.[Cl][Sb-]([Cl])([Cl])([Cl])([Cl])[Cl]. The molecule has 0 aliphatic rings. The topological polar surface area (TPSA) is 37.4 Å². The van der Waals surface area contributed by atoms with E-state index in [9.17, 15) is 0 Å². The van der Waals surface area contributed by atoms with Crippen molar-refractivity contribution >= 4 is 78.7 Å². The van der Waals surface area contributed by atoms with Gasteiger partial charge < -0.3 is 4.74 Å². The predicted molar refractivity (Wildman–Crippen MR) is 92.8 cm³/mol. The first-order valence-electron chi connectivity index (χ1n) is 4.63. The van der Waals surface area contributed by atoms with Gasteiger partial charge in [0, 0.05) is 5.56 Å². The van der Waals surface area contributed by atoms with Crippen LogP contribution in [0.1, 0.15) is 5.56 Å². The van der Waals surface area contributed by atoms with Crippen molar-refractivity contribution in [2.75, 3.05) is 7.11 Å². The van der Waals surface area contributed by atoms with E-state index in [1.165, 1.54) is 6.20 Å². The molecule has 3 nitrogen and oxygen atoms in total. The molecule has 0 saturated heterocycles. The van der Waals surface area contributed by atoms with Crippen LogP contribution in [0.4, 0.5) is 0 Å². The second kappa shape index (κ2) is 7.07. The third-order valence-corrected chi connectivity index (χ3v) is 1.85. The van der Waals surface area contributed by atoms with Crippen LogP contribution < -0.4 is 4.74 Å². The first-order valence-corrected chi connectivity index (χ1v) is 24.4. The van der Waals surface area contributed by atoms with Crippen LogP contribution in [0, 0.1) is 5.39 Å². The first kappa shape index (κ1) is 21.0. The molecule has 20 heavy (non-hydrogen) atoms. The van der Waals surface area contributed by atoms with Gasteiger partial charge in [-0.3, -0.25) is 0 Å². The molecule has 0 fully saturated rings. The molecule has 0 radical (unpaired) electrons. The summed E-state index contributed by atoms with van der Waals surface area (Å²) in [4.78, 5) is 2.83. The predicted octanol–water partition coefficient (Wildman–Crippen LogP) is 6.84. The third-order valence-electron chi connectivity index (χ3n) is 1.54. The number of hydrogen-bond acceptors (Lipinski definition) is 2. The molecule has 0 N–H and O–H groups in total. The third kappa shape index (κ3) is 15.4. The number of diazo groups is 1. The number of ether oxygens (including phenoxy) is 1. The molecule has 0 aromatic heterocycles. The van der Waals surface area contributed by atoms with Crippen LogP contribution in [0.3, 0.4) is 0 Å². The van der Waals surface area contributed by atoms with Crippen LogP contribution in [0.2, 0.25) is 0 Å². The summed E-state index contributed by atoms with van der Waals surface area (Å²) in [5, 5.41) is 8.62. The summed E-state index contributed by atoms with van der Waals surface area (Å²) in [6.45, 7) is 0. The van der Waals surface area contributed by atoms with Gasteiger partial charge in [0.15, 0.2) is 4.98 Å². The van der Waals surface area contributed by atoms with Crippen LogP contribution in [0.25, 0.3) is 10.0 Å². The van der Waals surface area contributed by atoms with Gasteiger partial charge in [-0.2, -0.15) is 0 Å². The van der Waals surface area contributed by atoms with E-state index >= 15 is 0 Å². The summed E-state index contributed by atoms with van der Waals surface area (Å²) in [5.41, 5.74) is 0.778. The van der Waals surface area contributed by atoms with Crippen molar-refractivity contribution in [3.63, 3.8) is 0 Å². The molecule has 11 heteroatoms. The molecular formula is C9H8Cl7N2OSb. The number of hydrogen-bond donors (Lipinski definition) is 0. The van der Waals surface area contributed by atoms with E-state index in [1.54, 1.807) is 31.4 Å². The van der Waals surface area contributed by atoms with Gasteiger partial charge in [-0.1, -0.05) is 11.6 Å². The average Bonchev–Trinajstić information content (AvgIpc) is 2.25.